The van der Waals surface area contributed by atoms with Crippen LogP contribution in [0.3, 0.4) is 0 Å². The van der Waals surface area contributed by atoms with Crippen LogP contribution < -0.4 is 0 Å². The summed E-state index contributed by atoms with van der Waals surface area (Å²) in [4.78, 5) is 13.8. The van der Waals surface area contributed by atoms with E-state index in [0.717, 1.165) is 0 Å². The lowest BCUT2D eigenvalue weighted by atomic mass is 10.2. The van der Waals surface area contributed by atoms with Gasteiger partial charge in [-0.1, -0.05) is 11.8 Å². The smallest absolute Gasteiger partial charge is 0.277 e. The zero-order valence-electron chi connectivity index (χ0n) is 11.4. The summed E-state index contributed by atoms with van der Waals surface area (Å²) in [5, 5.41) is 7.84. The number of aromatic nitrogens is 2. The van der Waals surface area contributed by atoms with Crippen LogP contribution in [-0.4, -0.2) is 59.3 Å². The Kier molecular flexibility index (Phi) is 4.69. The number of aryl methyl sites for hydroxylation is 1. The van der Waals surface area contributed by atoms with E-state index in [9.17, 15) is 13.2 Å². The van der Waals surface area contributed by atoms with Crippen molar-refractivity contribution in [1.82, 2.24) is 15.1 Å². The van der Waals surface area contributed by atoms with Crippen molar-refractivity contribution in [1.29, 1.82) is 0 Å². The van der Waals surface area contributed by atoms with Crippen molar-refractivity contribution < 1.29 is 17.6 Å². The fourth-order valence-electron chi connectivity index (χ4n) is 2.20. The predicted octanol–water partition coefficient (Wildman–Crippen LogP) is 0.506. The molecule has 0 bridgehead atoms. The van der Waals surface area contributed by atoms with Gasteiger partial charge >= 0.3 is 0 Å². The Bertz CT molecular complexity index is 584. The van der Waals surface area contributed by atoms with Crippen molar-refractivity contribution in [2.75, 3.05) is 23.8 Å². The quantitative estimate of drug-likeness (QED) is 0.730. The number of carbonyl (C=O) groups is 1. The topological polar surface area (TPSA) is 93.4 Å². The Morgan fingerprint density at radius 3 is 2.75 bits per heavy atom. The molecular formula is C11H17N3O4S2. The third-order valence-electron chi connectivity index (χ3n) is 3.14. The van der Waals surface area contributed by atoms with Gasteiger partial charge in [0.2, 0.25) is 11.8 Å². The molecule has 1 amide bonds. The fourth-order valence-corrected chi connectivity index (χ4v) is 4.62. The van der Waals surface area contributed by atoms with E-state index in [1.807, 2.05) is 6.92 Å². The number of rotatable bonds is 5. The zero-order valence-corrected chi connectivity index (χ0v) is 13.0. The molecule has 0 aliphatic carbocycles. The molecule has 1 atom stereocenters. The van der Waals surface area contributed by atoms with Crippen molar-refractivity contribution in [2.45, 2.75) is 31.5 Å². The minimum absolute atomic E-state index is 0.0664. The van der Waals surface area contributed by atoms with E-state index in [1.165, 1.54) is 11.8 Å². The van der Waals surface area contributed by atoms with E-state index in [-0.39, 0.29) is 29.2 Å². The van der Waals surface area contributed by atoms with Crippen LogP contribution in [0.25, 0.3) is 0 Å². The Hall–Kier alpha value is -1.09. The van der Waals surface area contributed by atoms with E-state index in [0.29, 0.717) is 24.1 Å². The molecule has 1 aliphatic heterocycles. The van der Waals surface area contributed by atoms with Crippen LogP contribution in [0.5, 0.6) is 0 Å². The Morgan fingerprint density at radius 2 is 2.25 bits per heavy atom. The van der Waals surface area contributed by atoms with Gasteiger partial charge in [0.1, 0.15) is 0 Å². The molecule has 1 saturated heterocycles. The summed E-state index contributed by atoms with van der Waals surface area (Å²) in [5.41, 5.74) is 0. The van der Waals surface area contributed by atoms with Gasteiger partial charge in [-0.2, -0.15) is 0 Å². The molecule has 0 aromatic carbocycles. The van der Waals surface area contributed by atoms with E-state index in [2.05, 4.69) is 10.2 Å². The van der Waals surface area contributed by atoms with E-state index >= 15 is 0 Å². The molecule has 1 aliphatic rings. The molecule has 0 spiro atoms. The van der Waals surface area contributed by atoms with E-state index < -0.39 is 9.84 Å². The fraction of sp³-hybridized carbons (Fsp3) is 0.727. The van der Waals surface area contributed by atoms with Crippen molar-refractivity contribution in [2.24, 2.45) is 0 Å². The highest BCUT2D eigenvalue weighted by Gasteiger charge is 2.33. The molecule has 7 nitrogen and oxygen atoms in total. The molecule has 2 rings (SSSR count). The SMILES string of the molecule is CCN(C(=O)CSc1nnc(C)o1)[C@H]1CCS(=O)(=O)C1. The molecule has 0 saturated carbocycles. The number of carbonyl (C=O) groups excluding carboxylic acids is 1. The second-order valence-electron chi connectivity index (χ2n) is 4.61. The molecule has 1 aromatic rings. The minimum atomic E-state index is -2.99. The van der Waals surface area contributed by atoms with Crippen LogP contribution in [-0.2, 0) is 14.6 Å². The van der Waals surface area contributed by atoms with Crippen molar-refractivity contribution in [3.8, 4) is 0 Å². The monoisotopic (exact) mass is 319 g/mol. The first-order valence-corrected chi connectivity index (χ1v) is 9.15. The first-order valence-electron chi connectivity index (χ1n) is 6.34. The Labute approximate surface area is 122 Å². The van der Waals surface area contributed by atoms with Crippen molar-refractivity contribution in [3.05, 3.63) is 5.89 Å². The molecule has 0 radical (unpaired) electrons. The largest absolute Gasteiger partial charge is 0.416 e. The van der Waals surface area contributed by atoms with E-state index in [4.69, 9.17) is 4.42 Å². The van der Waals surface area contributed by atoms with Gasteiger partial charge in [-0.05, 0) is 13.3 Å². The summed E-state index contributed by atoms with van der Waals surface area (Å²) < 4.78 is 28.2. The third-order valence-corrected chi connectivity index (χ3v) is 5.69. The normalized spacial score (nSPS) is 21.0. The molecule has 0 N–H and O–H groups in total. The van der Waals surface area contributed by atoms with Gasteiger partial charge < -0.3 is 9.32 Å². The predicted molar refractivity (Wildman–Crippen MR) is 74.2 cm³/mol. The second kappa shape index (κ2) is 6.13. The van der Waals surface area contributed by atoms with Crippen molar-refractivity contribution in [3.63, 3.8) is 0 Å². The highest BCUT2D eigenvalue weighted by atomic mass is 32.2. The molecule has 2 heterocycles. The maximum Gasteiger partial charge on any atom is 0.277 e. The summed E-state index contributed by atoms with van der Waals surface area (Å²) in [6, 6.07) is -0.206. The Balaban J connectivity index is 1.92. The highest BCUT2D eigenvalue weighted by molar-refractivity contribution is 7.99. The van der Waals surface area contributed by atoms with Gasteiger partial charge in [-0.25, -0.2) is 8.42 Å². The summed E-state index contributed by atoms with van der Waals surface area (Å²) in [5.74, 6) is 0.755. The van der Waals surface area contributed by atoms with Crippen LogP contribution in [0.15, 0.2) is 9.64 Å². The number of thioether (sulfide) groups is 1. The number of hydrogen-bond acceptors (Lipinski definition) is 7. The summed E-state index contributed by atoms with van der Waals surface area (Å²) >= 11 is 1.17. The van der Waals surface area contributed by atoms with Crippen LogP contribution in [0.4, 0.5) is 0 Å². The highest BCUT2D eigenvalue weighted by Crippen LogP contribution is 2.21. The summed E-state index contributed by atoms with van der Waals surface area (Å²) in [6.07, 6.45) is 0.520. The number of hydrogen-bond donors (Lipinski definition) is 0. The lowest BCUT2D eigenvalue weighted by Crippen LogP contribution is -2.41. The van der Waals surface area contributed by atoms with Crippen molar-refractivity contribution >= 4 is 27.5 Å². The standard InChI is InChI=1S/C11H17N3O4S2/c1-3-14(9-4-5-20(16,17)7-9)10(15)6-19-11-13-12-8(2)18-11/h9H,3-7H2,1-2H3/t9-/m0/s1. The van der Waals surface area contributed by atoms with Gasteiger partial charge in [0.05, 0.1) is 17.3 Å². The second-order valence-corrected chi connectivity index (χ2v) is 7.77. The van der Waals surface area contributed by atoms with Gasteiger partial charge in [-0.15, -0.1) is 10.2 Å². The maximum atomic E-state index is 12.2. The Morgan fingerprint density at radius 1 is 1.50 bits per heavy atom. The first-order chi connectivity index (χ1) is 9.41. The molecule has 0 unspecified atom stereocenters. The number of nitrogens with zero attached hydrogens (tertiary/aromatic N) is 3. The van der Waals surface area contributed by atoms with Crippen LogP contribution in [0.2, 0.25) is 0 Å². The molecule has 1 fully saturated rings. The molecule has 112 valence electrons. The zero-order chi connectivity index (χ0) is 14.8. The average molecular weight is 319 g/mol. The van der Waals surface area contributed by atoms with Crippen LogP contribution in [0.1, 0.15) is 19.2 Å². The van der Waals surface area contributed by atoms with Crippen LogP contribution >= 0.6 is 11.8 Å². The molecule has 1 aromatic heterocycles. The lowest BCUT2D eigenvalue weighted by molar-refractivity contribution is -0.129. The van der Waals surface area contributed by atoms with Gasteiger partial charge in [-0.3, -0.25) is 4.79 Å². The molecular weight excluding hydrogens is 302 g/mol. The molecule has 9 heteroatoms. The molecule has 20 heavy (non-hydrogen) atoms. The number of amides is 1. The minimum Gasteiger partial charge on any atom is -0.416 e. The van der Waals surface area contributed by atoms with Crippen LogP contribution in [0, 0.1) is 6.92 Å². The first kappa shape index (κ1) is 15.3. The third kappa shape index (κ3) is 3.72. The summed E-state index contributed by atoms with van der Waals surface area (Å²) in [7, 11) is -2.99. The summed E-state index contributed by atoms with van der Waals surface area (Å²) in [6.45, 7) is 4.04. The maximum absolute atomic E-state index is 12.2. The van der Waals surface area contributed by atoms with E-state index in [1.54, 1.807) is 11.8 Å². The number of sulfone groups is 1. The average Bonchev–Trinajstić information content (AvgIpc) is 2.94. The van der Waals surface area contributed by atoms with Gasteiger partial charge in [0, 0.05) is 19.5 Å². The van der Waals surface area contributed by atoms with Gasteiger partial charge in [0.25, 0.3) is 5.22 Å². The lowest BCUT2D eigenvalue weighted by Gasteiger charge is -2.26. The van der Waals surface area contributed by atoms with Gasteiger partial charge in [0.15, 0.2) is 9.84 Å².